The van der Waals surface area contributed by atoms with E-state index in [9.17, 15) is 27.9 Å². The first-order chi connectivity index (χ1) is 18.9. The van der Waals surface area contributed by atoms with Gasteiger partial charge in [-0.15, -0.1) is 0 Å². The first-order valence-electron chi connectivity index (χ1n) is 12.3. The number of carboxylic acid groups (broad SMARTS) is 1. The maximum Gasteiger partial charge on any atom is 0.306 e. The summed E-state index contributed by atoms with van der Waals surface area (Å²) in [4.78, 5) is 45.0. The molecule has 2 aromatic carbocycles. The van der Waals surface area contributed by atoms with Crippen LogP contribution in [0.4, 0.5) is 5.95 Å². The minimum atomic E-state index is -4.21. The molecule has 0 aliphatic carbocycles. The Bertz CT molecular complexity index is 1740. The third kappa shape index (κ3) is 6.21. The van der Waals surface area contributed by atoms with E-state index < -0.39 is 39.9 Å². The van der Waals surface area contributed by atoms with Crippen molar-refractivity contribution in [1.82, 2.24) is 24.6 Å². The highest BCUT2D eigenvalue weighted by Crippen LogP contribution is 2.22. The number of pyridine rings is 1. The van der Waals surface area contributed by atoms with E-state index in [2.05, 4.69) is 25.3 Å². The van der Waals surface area contributed by atoms with Crippen molar-refractivity contribution < 1.29 is 23.1 Å². The number of nitrogens with one attached hydrogen (secondary N) is 4. The molecular formula is C27H30N6O6S. The van der Waals surface area contributed by atoms with Crippen molar-refractivity contribution in [3.8, 4) is 0 Å². The molecule has 0 saturated heterocycles. The predicted molar refractivity (Wildman–Crippen MR) is 150 cm³/mol. The van der Waals surface area contributed by atoms with Gasteiger partial charge in [0, 0.05) is 37.6 Å². The molecule has 1 atom stereocenters. The van der Waals surface area contributed by atoms with Crippen LogP contribution >= 0.6 is 0 Å². The number of aliphatic carboxylic acids is 1. The monoisotopic (exact) mass is 566 g/mol. The molecule has 2 aromatic heterocycles. The Hall–Kier alpha value is -4.49. The first-order valence-corrected chi connectivity index (χ1v) is 13.8. The lowest BCUT2D eigenvalue weighted by molar-refractivity contribution is -0.137. The summed E-state index contributed by atoms with van der Waals surface area (Å²) in [6.45, 7) is 5.55. The minimum Gasteiger partial charge on any atom is -0.481 e. The fraction of sp³-hybridized carbons (Fsp3) is 0.259. The summed E-state index contributed by atoms with van der Waals surface area (Å²) in [7, 11) is -2.55. The number of carbonyl (C=O) groups is 2. The lowest BCUT2D eigenvalue weighted by Gasteiger charge is -2.21. The smallest absolute Gasteiger partial charge is 0.306 e. The fourth-order valence-electron chi connectivity index (χ4n) is 4.72. The minimum absolute atomic E-state index is 0.00157. The van der Waals surface area contributed by atoms with Gasteiger partial charge in [0.2, 0.25) is 15.5 Å². The Labute approximate surface area is 230 Å². The number of rotatable bonds is 10. The van der Waals surface area contributed by atoms with Crippen molar-refractivity contribution in [2.24, 2.45) is 7.05 Å². The summed E-state index contributed by atoms with van der Waals surface area (Å²) in [6, 6.07) is 8.55. The van der Waals surface area contributed by atoms with Crippen LogP contribution in [0.15, 0.2) is 58.6 Å². The second kappa shape index (κ2) is 11.3. The van der Waals surface area contributed by atoms with Gasteiger partial charge in [0.15, 0.2) is 5.95 Å². The average molecular weight is 567 g/mol. The van der Waals surface area contributed by atoms with E-state index in [0.29, 0.717) is 29.1 Å². The van der Waals surface area contributed by atoms with Crippen molar-refractivity contribution >= 4 is 38.8 Å². The van der Waals surface area contributed by atoms with E-state index in [4.69, 9.17) is 0 Å². The van der Waals surface area contributed by atoms with Crippen molar-refractivity contribution in [3.63, 3.8) is 0 Å². The molecule has 0 bridgehead atoms. The van der Waals surface area contributed by atoms with Crippen LogP contribution < -0.4 is 20.8 Å². The highest BCUT2D eigenvalue weighted by atomic mass is 32.2. The predicted octanol–water partition coefficient (Wildman–Crippen LogP) is 2.31. The average Bonchev–Trinajstić information content (AvgIpc) is 3.37. The Morgan fingerprint density at radius 3 is 2.45 bits per heavy atom. The molecule has 0 spiro atoms. The van der Waals surface area contributed by atoms with Crippen molar-refractivity contribution in [3.05, 3.63) is 87.0 Å². The number of H-pyrrole nitrogens is 1. The zero-order chi connectivity index (χ0) is 29.2. The lowest BCUT2D eigenvalue weighted by atomic mass is 10.1. The van der Waals surface area contributed by atoms with Crippen LogP contribution in [-0.2, 0) is 28.4 Å². The number of sulfonamides is 1. The summed E-state index contributed by atoms with van der Waals surface area (Å²) in [5.74, 6) is -1.65. The van der Waals surface area contributed by atoms with Gasteiger partial charge in [-0.2, -0.15) is 4.72 Å². The third-order valence-corrected chi connectivity index (χ3v) is 8.09. The van der Waals surface area contributed by atoms with Crippen LogP contribution in [0.5, 0.6) is 0 Å². The maximum atomic E-state index is 13.2. The molecule has 5 N–H and O–H groups in total. The summed E-state index contributed by atoms with van der Waals surface area (Å²) >= 11 is 0. The molecule has 40 heavy (non-hydrogen) atoms. The Morgan fingerprint density at radius 1 is 1.12 bits per heavy atom. The van der Waals surface area contributed by atoms with Crippen molar-refractivity contribution in [2.75, 3.05) is 5.32 Å². The maximum absolute atomic E-state index is 13.2. The van der Waals surface area contributed by atoms with Crippen LogP contribution in [0.25, 0.3) is 10.9 Å². The van der Waals surface area contributed by atoms with Crippen LogP contribution in [0, 0.1) is 20.8 Å². The topological polar surface area (TPSA) is 175 Å². The van der Waals surface area contributed by atoms with Crippen molar-refractivity contribution in [2.45, 2.75) is 44.8 Å². The van der Waals surface area contributed by atoms with Crippen LogP contribution in [0.2, 0.25) is 0 Å². The number of aromatic nitrogens is 3. The van der Waals surface area contributed by atoms with Crippen molar-refractivity contribution in [1.29, 1.82) is 0 Å². The zero-order valence-corrected chi connectivity index (χ0v) is 23.2. The van der Waals surface area contributed by atoms with Gasteiger partial charge in [-0.3, -0.25) is 14.4 Å². The number of fused-ring (bicyclic) bond motifs is 1. The molecule has 13 heteroatoms. The van der Waals surface area contributed by atoms with Gasteiger partial charge in [0.05, 0.1) is 16.8 Å². The number of amides is 1. The Kier molecular flexibility index (Phi) is 8.07. The summed E-state index contributed by atoms with van der Waals surface area (Å²) < 4.78 is 30.3. The third-order valence-electron chi connectivity index (χ3n) is 6.31. The summed E-state index contributed by atoms with van der Waals surface area (Å²) in [5.41, 5.74) is 2.45. The molecule has 210 valence electrons. The molecule has 4 aromatic rings. The van der Waals surface area contributed by atoms with Gasteiger partial charge < -0.3 is 25.3 Å². The van der Waals surface area contributed by atoms with Crippen LogP contribution in [-0.4, -0.2) is 46.1 Å². The number of nitrogens with zero attached hydrogens (tertiary/aromatic N) is 2. The molecule has 2 heterocycles. The van der Waals surface area contributed by atoms with Crippen LogP contribution in [0.1, 0.15) is 39.0 Å². The van der Waals surface area contributed by atoms with Gasteiger partial charge in [0.1, 0.15) is 11.7 Å². The number of carboxylic acids is 1. The zero-order valence-electron chi connectivity index (χ0n) is 22.4. The number of carbonyl (C=O) groups excluding carboxylic acids is 1. The van der Waals surface area contributed by atoms with Gasteiger partial charge >= 0.3 is 5.97 Å². The second-order valence-corrected chi connectivity index (χ2v) is 11.2. The van der Waals surface area contributed by atoms with E-state index in [1.165, 1.54) is 6.20 Å². The number of aryl methyl sites for hydroxylation is 4. The highest BCUT2D eigenvalue weighted by Gasteiger charge is 2.27. The standard InChI is InChI=1S/C27H30N6O6S/c1-15-9-16(2)25(17(3)10-15)40(38,39)32-22(12-23(34)35)31-26(37)20-14-33(4)21-11-18(5-6-19(21)24(20)36)13-30-27-28-7-8-29-27/h5-11,14,22,32H,12-13H2,1-4H3,(H,31,37)(H,34,35)(H2,28,29,30). The van der Waals surface area contributed by atoms with E-state index in [0.717, 1.165) is 11.1 Å². The molecule has 1 unspecified atom stereocenters. The van der Waals surface area contributed by atoms with E-state index in [-0.39, 0.29) is 15.8 Å². The van der Waals surface area contributed by atoms with E-state index in [1.54, 1.807) is 62.1 Å². The Balaban J connectivity index is 1.60. The van der Waals surface area contributed by atoms with Gasteiger partial charge in [-0.25, -0.2) is 13.4 Å². The number of benzene rings is 2. The molecule has 4 rings (SSSR count). The molecule has 0 radical (unpaired) electrons. The number of anilines is 1. The molecular weight excluding hydrogens is 536 g/mol. The van der Waals surface area contributed by atoms with E-state index >= 15 is 0 Å². The van der Waals surface area contributed by atoms with E-state index in [1.807, 2.05) is 13.0 Å². The molecule has 12 nitrogen and oxygen atoms in total. The molecule has 0 aliphatic heterocycles. The number of hydrogen-bond acceptors (Lipinski definition) is 7. The summed E-state index contributed by atoms with van der Waals surface area (Å²) in [5, 5.41) is 15.2. The fourth-order valence-corrected chi connectivity index (χ4v) is 6.32. The van der Waals surface area contributed by atoms with Gasteiger partial charge in [-0.05, 0) is 49.6 Å². The first kappa shape index (κ1) is 28.5. The number of hydrogen-bond donors (Lipinski definition) is 5. The molecule has 1 amide bonds. The highest BCUT2D eigenvalue weighted by molar-refractivity contribution is 7.89. The normalized spacial score (nSPS) is 12.3. The number of aromatic amines is 1. The quantitative estimate of drug-likeness (QED) is 0.182. The van der Waals surface area contributed by atoms with Gasteiger partial charge in [0.25, 0.3) is 5.91 Å². The number of imidazole rings is 1. The SMILES string of the molecule is Cc1cc(C)c(S(=O)(=O)NC(CC(=O)O)NC(=O)c2cn(C)c3cc(CNc4ncc[nH]4)ccc3c2=O)c(C)c1. The summed E-state index contributed by atoms with van der Waals surface area (Å²) in [6.07, 6.45) is 2.40. The molecule has 0 saturated carbocycles. The van der Waals surface area contributed by atoms with Crippen LogP contribution in [0.3, 0.4) is 0 Å². The molecule has 0 fully saturated rings. The Morgan fingerprint density at radius 2 is 1.82 bits per heavy atom. The second-order valence-electron chi connectivity index (χ2n) is 9.60. The lowest BCUT2D eigenvalue weighted by Crippen LogP contribution is -2.50. The van der Waals surface area contributed by atoms with Gasteiger partial charge in [-0.1, -0.05) is 23.8 Å². The largest absolute Gasteiger partial charge is 0.481 e. The molecule has 0 aliphatic rings.